The van der Waals surface area contributed by atoms with E-state index in [1.807, 2.05) is 19.1 Å². The number of aromatic nitrogens is 1. The van der Waals surface area contributed by atoms with Crippen LogP contribution < -0.4 is 0 Å². The molecule has 1 atom stereocenters. The van der Waals surface area contributed by atoms with Crippen molar-refractivity contribution in [3.8, 4) is 0 Å². The molecule has 1 heterocycles. The number of aliphatic hydroxyl groups excluding tert-OH is 1. The van der Waals surface area contributed by atoms with Crippen LogP contribution in [0, 0.1) is 6.92 Å². The number of carbonyl (C=O) groups excluding carboxylic acids is 1. The Morgan fingerprint density at radius 2 is 2.46 bits per heavy atom. The van der Waals surface area contributed by atoms with Crippen LogP contribution in [-0.4, -0.2) is 29.4 Å². The summed E-state index contributed by atoms with van der Waals surface area (Å²) in [6, 6.07) is 3.06. The van der Waals surface area contributed by atoms with Gasteiger partial charge in [0.05, 0.1) is 13.7 Å². The fourth-order valence-electron chi connectivity index (χ4n) is 1.24. The first kappa shape index (κ1) is 9.80. The van der Waals surface area contributed by atoms with Crippen molar-refractivity contribution < 1.29 is 14.6 Å². The molecule has 0 amide bonds. The standard InChI is InChI=1S/C9H13NO3/c1-7-4-3-5-10(7)8(6-11)9(12)13-2/h3-5,8,11H,6H2,1-2H3/t8-/m0/s1. The van der Waals surface area contributed by atoms with E-state index in [4.69, 9.17) is 5.11 Å². The summed E-state index contributed by atoms with van der Waals surface area (Å²) < 4.78 is 6.25. The van der Waals surface area contributed by atoms with Gasteiger partial charge in [-0.05, 0) is 19.1 Å². The lowest BCUT2D eigenvalue weighted by molar-refractivity contribution is -0.145. The maximum Gasteiger partial charge on any atom is 0.331 e. The minimum atomic E-state index is -0.625. The van der Waals surface area contributed by atoms with Crippen molar-refractivity contribution in [2.75, 3.05) is 13.7 Å². The summed E-state index contributed by atoms with van der Waals surface area (Å²) in [4.78, 5) is 11.2. The molecular formula is C9H13NO3. The summed E-state index contributed by atoms with van der Waals surface area (Å²) in [7, 11) is 1.31. The molecule has 0 unspecified atom stereocenters. The lowest BCUT2D eigenvalue weighted by atomic mass is 10.3. The molecular weight excluding hydrogens is 170 g/mol. The first-order chi connectivity index (χ1) is 6.20. The number of aryl methyl sites for hydroxylation is 1. The number of rotatable bonds is 3. The molecule has 0 aliphatic rings. The molecule has 72 valence electrons. The van der Waals surface area contributed by atoms with Gasteiger partial charge in [-0.15, -0.1) is 0 Å². The van der Waals surface area contributed by atoms with Crippen molar-refractivity contribution in [1.29, 1.82) is 0 Å². The molecule has 1 rings (SSSR count). The van der Waals surface area contributed by atoms with Gasteiger partial charge in [-0.2, -0.15) is 0 Å². The van der Waals surface area contributed by atoms with Crippen molar-refractivity contribution in [1.82, 2.24) is 4.57 Å². The molecule has 0 saturated carbocycles. The minimum Gasteiger partial charge on any atom is -0.467 e. The SMILES string of the molecule is COC(=O)[C@H](CO)n1cccc1C. The monoisotopic (exact) mass is 183 g/mol. The van der Waals surface area contributed by atoms with Gasteiger partial charge in [-0.1, -0.05) is 0 Å². The molecule has 4 heteroatoms. The highest BCUT2D eigenvalue weighted by Gasteiger charge is 2.20. The molecule has 0 aliphatic carbocycles. The highest BCUT2D eigenvalue weighted by Crippen LogP contribution is 2.11. The Hall–Kier alpha value is -1.29. The first-order valence-corrected chi connectivity index (χ1v) is 4.02. The van der Waals surface area contributed by atoms with E-state index >= 15 is 0 Å². The van der Waals surface area contributed by atoms with Crippen LogP contribution in [0.25, 0.3) is 0 Å². The number of carbonyl (C=O) groups is 1. The van der Waals surface area contributed by atoms with E-state index < -0.39 is 12.0 Å². The third-order valence-corrected chi connectivity index (χ3v) is 1.97. The quantitative estimate of drug-likeness (QED) is 0.694. The van der Waals surface area contributed by atoms with E-state index in [0.29, 0.717) is 0 Å². The zero-order chi connectivity index (χ0) is 9.84. The van der Waals surface area contributed by atoms with Crippen molar-refractivity contribution in [2.24, 2.45) is 0 Å². The van der Waals surface area contributed by atoms with Gasteiger partial charge >= 0.3 is 5.97 Å². The van der Waals surface area contributed by atoms with Crippen LogP contribution in [-0.2, 0) is 9.53 Å². The average Bonchev–Trinajstić information content (AvgIpc) is 2.53. The van der Waals surface area contributed by atoms with Crippen LogP contribution in [0.4, 0.5) is 0 Å². The largest absolute Gasteiger partial charge is 0.467 e. The van der Waals surface area contributed by atoms with Crippen LogP contribution in [0.2, 0.25) is 0 Å². The van der Waals surface area contributed by atoms with Crippen molar-refractivity contribution >= 4 is 5.97 Å². The van der Waals surface area contributed by atoms with Crippen LogP contribution in [0.5, 0.6) is 0 Å². The minimum absolute atomic E-state index is 0.248. The third kappa shape index (κ3) is 1.89. The third-order valence-electron chi connectivity index (χ3n) is 1.97. The van der Waals surface area contributed by atoms with Gasteiger partial charge in [0.2, 0.25) is 0 Å². The molecule has 0 saturated heterocycles. The second-order valence-electron chi connectivity index (χ2n) is 2.78. The molecule has 0 radical (unpaired) electrons. The van der Waals surface area contributed by atoms with Crippen LogP contribution in [0.3, 0.4) is 0 Å². The maximum absolute atomic E-state index is 11.2. The molecule has 0 bridgehead atoms. The Balaban J connectivity index is 2.90. The summed E-state index contributed by atoms with van der Waals surface area (Å²) >= 11 is 0. The average molecular weight is 183 g/mol. The Kier molecular flexibility index (Phi) is 3.08. The number of esters is 1. The lowest BCUT2D eigenvalue weighted by Gasteiger charge is -2.15. The number of hydrogen-bond donors (Lipinski definition) is 1. The molecule has 0 aliphatic heterocycles. The van der Waals surface area contributed by atoms with Gasteiger partial charge in [0.1, 0.15) is 0 Å². The van der Waals surface area contributed by atoms with Gasteiger partial charge in [-0.25, -0.2) is 4.79 Å². The highest BCUT2D eigenvalue weighted by molar-refractivity contribution is 5.74. The number of aliphatic hydroxyl groups is 1. The zero-order valence-electron chi connectivity index (χ0n) is 7.73. The highest BCUT2D eigenvalue weighted by atomic mass is 16.5. The van der Waals surface area contributed by atoms with Gasteiger partial charge in [0.15, 0.2) is 6.04 Å². The normalized spacial score (nSPS) is 12.5. The molecule has 0 aromatic carbocycles. The number of methoxy groups -OCH3 is 1. The Bertz CT molecular complexity index is 293. The van der Waals surface area contributed by atoms with E-state index in [-0.39, 0.29) is 6.61 Å². The van der Waals surface area contributed by atoms with Crippen molar-refractivity contribution in [3.05, 3.63) is 24.0 Å². The first-order valence-electron chi connectivity index (χ1n) is 4.02. The van der Waals surface area contributed by atoms with E-state index in [1.54, 1.807) is 10.8 Å². The molecule has 0 fully saturated rings. The summed E-state index contributed by atoms with van der Waals surface area (Å²) in [5.74, 6) is -0.429. The smallest absolute Gasteiger partial charge is 0.331 e. The second kappa shape index (κ2) is 4.09. The molecule has 4 nitrogen and oxygen atoms in total. The maximum atomic E-state index is 11.2. The Morgan fingerprint density at radius 3 is 2.85 bits per heavy atom. The molecule has 13 heavy (non-hydrogen) atoms. The molecule has 0 spiro atoms. The van der Waals surface area contributed by atoms with E-state index in [2.05, 4.69) is 4.74 Å². The van der Waals surface area contributed by atoms with Crippen molar-refractivity contribution in [3.63, 3.8) is 0 Å². The van der Waals surface area contributed by atoms with Gasteiger partial charge < -0.3 is 14.4 Å². The second-order valence-corrected chi connectivity index (χ2v) is 2.78. The predicted octanol–water partition coefficient (Wildman–Crippen LogP) is 0.503. The van der Waals surface area contributed by atoms with E-state index in [1.165, 1.54) is 7.11 Å². The van der Waals surface area contributed by atoms with Crippen molar-refractivity contribution in [2.45, 2.75) is 13.0 Å². The molecule has 1 aromatic heterocycles. The van der Waals surface area contributed by atoms with Crippen LogP contribution in [0.1, 0.15) is 11.7 Å². The number of nitrogens with zero attached hydrogens (tertiary/aromatic N) is 1. The summed E-state index contributed by atoms with van der Waals surface area (Å²) in [6.45, 7) is 1.62. The summed E-state index contributed by atoms with van der Waals surface area (Å²) in [5, 5.41) is 9.00. The Morgan fingerprint density at radius 1 is 1.77 bits per heavy atom. The van der Waals surface area contributed by atoms with Crippen LogP contribution >= 0.6 is 0 Å². The fourth-order valence-corrected chi connectivity index (χ4v) is 1.24. The zero-order valence-corrected chi connectivity index (χ0v) is 7.73. The van der Waals surface area contributed by atoms with Crippen LogP contribution in [0.15, 0.2) is 18.3 Å². The fraction of sp³-hybridized carbons (Fsp3) is 0.444. The van der Waals surface area contributed by atoms with E-state index in [9.17, 15) is 4.79 Å². The predicted molar refractivity (Wildman–Crippen MR) is 47.3 cm³/mol. The van der Waals surface area contributed by atoms with Gasteiger partial charge in [0.25, 0.3) is 0 Å². The van der Waals surface area contributed by atoms with Gasteiger partial charge in [-0.3, -0.25) is 0 Å². The number of hydrogen-bond acceptors (Lipinski definition) is 3. The Labute approximate surface area is 76.7 Å². The summed E-state index contributed by atoms with van der Waals surface area (Å²) in [6.07, 6.45) is 1.74. The molecule has 1 N–H and O–H groups in total. The lowest BCUT2D eigenvalue weighted by Crippen LogP contribution is -2.24. The topological polar surface area (TPSA) is 51.5 Å². The van der Waals surface area contributed by atoms with E-state index in [0.717, 1.165) is 5.69 Å². The molecule has 1 aromatic rings. The number of ether oxygens (including phenoxy) is 1. The van der Waals surface area contributed by atoms with Gasteiger partial charge in [0, 0.05) is 11.9 Å². The summed E-state index contributed by atoms with van der Waals surface area (Å²) in [5.41, 5.74) is 0.921.